The average molecular weight is 452 g/mol. The van der Waals surface area contributed by atoms with E-state index in [0.717, 1.165) is 30.4 Å². The molecule has 5 unspecified atom stereocenters. The van der Waals surface area contributed by atoms with Gasteiger partial charge < -0.3 is 20.6 Å². The van der Waals surface area contributed by atoms with E-state index in [9.17, 15) is 24.8 Å². The van der Waals surface area contributed by atoms with Crippen LogP contribution in [0.3, 0.4) is 0 Å². The molecular formula is C24H29N5O4. The lowest BCUT2D eigenvalue weighted by atomic mass is 10.0. The maximum Gasteiger partial charge on any atom is 0.335 e. The van der Waals surface area contributed by atoms with Gasteiger partial charge in [0.05, 0.1) is 29.8 Å². The standard InChI is InChI=1S/C24H29N5O4/c1-13-6-16(9-25)28(10-13)22(30)19(26)12-27-11-17-8-21(27)23(31)29(17)20-5-3-14-7-15(24(32)33)2-4-18(14)20/h2,4,7,13,16-17,19-21H,3,5-6,8,10-12,26H2,1H3,(H,32,33)/t13?,16?,17-,19?,20?,21?/m0/s1. The van der Waals surface area contributed by atoms with E-state index in [-0.39, 0.29) is 41.4 Å². The first kappa shape index (κ1) is 21.9. The van der Waals surface area contributed by atoms with Crippen molar-refractivity contribution in [2.24, 2.45) is 11.7 Å². The first-order chi connectivity index (χ1) is 15.8. The molecular weight excluding hydrogens is 422 g/mol. The van der Waals surface area contributed by atoms with Crippen molar-refractivity contribution in [3.63, 3.8) is 0 Å². The van der Waals surface area contributed by atoms with E-state index in [1.54, 1.807) is 17.0 Å². The van der Waals surface area contributed by atoms with Crippen molar-refractivity contribution in [1.82, 2.24) is 14.7 Å². The van der Waals surface area contributed by atoms with Gasteiger partial charge in [0.1, 0.15) is 6.04 Å². The molecule has 3 heterocycles. The summed E-state index contributed by atoms with van der Waals surface area (Å²) in [5.41, 5.74) is 8.59. The molecule has 0 spiro atoms. The summed E-state index contributed by atoms with van der Waals surface area (Å²) >= 11 is 0. The third kappa shape index (κ3) is 3.58. The Morgan fingerprint density at radius 2 is 2.06 bits per heavy atom. The largest absolute Gasteiger partial charge is 0.478 e. The van der Waals surface area contributed by atoms with Crippen molar-refractivity contribution in [1.29, 1.82) is 5.26 Å². The number of piperazine rings is 1. The van der Waals surface area contributed by atoms with E-state index in [1.165, 1.54) is 0 Å². The Morgan fingerprint density at radius 1 is 1.27 bits per heavy atom. The van der Waals surface area contributed by atoms with Gasteiger partial charge in [-0.25, -0.2) is 4.79 Å². The molecule has 3 N–H and O–H groups in total. The molecule has 174 valence electrons. The minimum atomic E-state index is -0.941. The topological polar surface area (TPSA) is 131 Å². The van der Waals surface area contributed by atoms with E-state index in [4.69, 9.17) is 5.73 Å². The Kier molecular flexibility index (Phi) is 5.38. The van der Waals surface area contributed by atoms with Crippen LogP contribution in [0.25, 0.3) is 0 Å². The van der Waals surface area contributed by atoms with Crippen molar-refractivity contribution >= 4 is 17.8 Å². The molecule has 1 aromatic carbocycles. The molecule has 9 nitrogen and oxygen atoms in total. The number of hydrogen-bond acceptors (Lipinski definition) is 6. The van der Waals surface area contributed by atoms with E-state index >= 15 is 0 Å². The highest BCUT2D eigenvalue weighted by molar-refractivity contribution is 5.89. The van der Waals surface area contributed by atoms with Crippen LogP contribution in [0.4, 0.5) is 0 Å². The molecule has 2 amide bonds. The van der Waals surface area contributed by atoms with Crippen LogP contribution in [-0.4, -0.2) is 81.4 Å². The van der Waals surface area contributed by atoms with Crippen LogP contribution in [0.2, 0.25) is 0 Å². The number of likely N-dealkylation sites (tertiary alicyclic amines) is 3. The molecule has 0 saturated carbocycles. The fraction of sp³-hybridized carbons (Fsp3) is 0.583. The van der Waals surface area contributed by atoms with E-state index in [2.05, 4.69) is 6.07 Å². The number of carbonyl (C=O) groups is 3. The number of hydrogen-bond donors (Lipinski definition) is 2. The molecule has 4 aliphatic rings. The summed E-state index contributed by atoms with van der Waals surface area (Å²) in [7, 11) is 0. The van der Waals surface area contributed by atoms with Crippen LogP contribution in [0.15, 0.2) is 18.2 Å². The lowest BCUT2D eigenvalue weighted by molar-refractivity contribution is -0.141. The second-order valence-electron chi connectivity index (χ2n) is 9.96. The van der Waals surface area contributed by atoms with Crippen LogP contribution >= 0.6 is 0 Å². The Morgan fingerprint density at radius 3 is 2.76 bits per heavy atom. The third-order valence-electron chi connectivity index (χ3n) is 7.78. The van der Waals surface area contributed by atoms with E-state index in [0.29, 0.717) is 26.1 Å². The quantitative estimate of drug-likeness (QED) is 0.675. The number of aryl methyl sites for hydroxylation is 1. The van der Waals surface area contributed by atoms with Crippen molar-refractivity contribution in [3.05, 3.63) is 34.9 Å². The van der Waals surface area contributed by atoms with E-state index in [1.807, 2.05) is 22.8 Å². The van der Waals surface area contributed by atoms with Crippen molar-refractivity contribution in [2.45, 2.75) is 62.8 Å². The summed E-state index contributed by atoms with van der Waals surface area (Å²) in [6, 6.07) is 5.98. The van der Waals surface area contributed by atoms with Gasteiger partial charge in [0, 0.05) is 25.7 Å². The molecule has 6 atom stereocenters. The molecule has 9 heteroatoms. The molecule has 3 saturated heterocycles. The smallest absolute Gasteiger partial charge is 0.335 e. The maximum absolute atomic E-state index is 13.3. The Balaban J connectivity index is 1.25. The number of carboxylic acids is 1. The highest BCUT2D eigenvalue weighted by Crippen LogP contribution is 2.44. The van der Waals surface area contributed by atoms with Gasteiger partial charge in [-0.2, -0.15) is 5.26 Å². The minimum Gasteiger partial charge on any atom is -0.478 e. The molecule has 1 aliphatic carbocycles. The lowest BCUT2D eigenvalue weighted by Gasteiger charge is -2.38. The number of nitrogens with two attached hydrogens (primary N) is 1. The summed E-state index contributed by atoms with van der Waals surface area (Å²) in [5, 5.41) is 18.6. The maximum atomic E-state index is 13.3. The Labute approximate surface area is 192 Å². The summed E-state index contributed by atoms with van der Waals surface area (Å²) < 4.78 is 0. The van der Waals surface area contributed by atoms with Gasteiger partial charge in [0.15, 0.2) is 0 Å². The number of aromatic carboxylic acids is 1. The number of rotatable bonds is 5. The van der Waals surface area contributed by atoms with Crippen LogP contribution in [0.1, 0.15) is 53.7 Å². The van der Waals surface area contributed by atoms with Gasteiger partial charge in [0.2, 0.25) is 11.8 Å². The van der Waals surface area contributed by atoms with Gasteiger partial charge >= 0.3 is 5.97 Å². The zero-order valence-electron chi connectivity index (χ0n) is 18.7. The molecule has 0 aromatic heterocycles. The monoisotopic (exact) mass is 451 g/mol. The first-order valence-corrected chi connectivity index (χ1v) is 11.7. The Hall–Kier alpha value is -2.96. The van der Waals surface area contributed by atoms with Gasteiger partial charge in [-0.3, -0.25) is 14.5 Å². The number of nitriles is 1. The van der Waals surface area contributed by atoms with Gasteiger partial charge in [-0.1, -0.05) is 13.0 Å². The van der Waals surface area contributed by atoms with Gasteiger partial charge in [0.25, 0.3) is 0 Å². The van der Waals surface area contributed by atoms with Crippen LogP contribution < -0.4 is 5.73 Å². The highest BCUT2D eigenvalue weighted by Gasteiger charge is 2.53. The van der Waals surface area contributed by atoms with Crippen molar-refractivity contribution < 1.29 is 19.5 Å². The molecule has 2 bridgehead atoms. The van der Waals surface area contributed by atoms with Gasteiger partial charge in [-0.05, 0) is 54.9 Å². The summed E-state index contributed by atoms with van der Waals surface area (Å²) in [6.45, 7) is 3.56. The summed E-state index contributed by atoms with van der Waals surface area (Å²) in [6.07, 6.45) is 2.96. The van der Waals surface area contributed by atoms with Gasteiger partial charge in [-0.15, -0.1) is 0 Å². The SMILES string of the molecule is CC1CC(C#N)N(C(=O)C(N)CN2C[C@@H]3CC2C(=O)N3C2CCc3cc(C(=O)O)ccc32)C1. The normalized spacial score (nSPS) is 31.7. The summed E-state index contributed by atoms with van der Waals surface area (Å²) in [5.74, 6) is -0.805. The average Bonchev–Trinajstić information content (AvgIpc) is 3.54. The highest BCUT2D eigenvalue weighted by atomic mass is 16.4. The number of carbonyl (C=O) groups excluding carboxylic acids is 2. The number of nitrogens with zero attached hydrogens (tertiary/aromatic N) is 4. The third-order valence-corrected chi connectivity index (χ3v) is 7.78. The molecule has 0 radical (unpaired) electrons. The first-order valence-electron chi connectivity index (χ1n) is 11.7. The number of fused-ring (bicyclic) bond motifs is 3. The molecule has 5 rings (SSSR count). The van der Waals surface area contributed by atoms with Crippen molar-refractivity contribution in [3.8, 4) is 6.07 Å². The predicted molar refractivity (Wildman–Crippen MR) is 118 cm³/mol. The Bertz CT molecular complexity index is 1050. The number of benzene rings is 1. The predicted octanol–water partition coefficient (Wildman–Crippen LogP) is 0.745. The second-order valence-corrected chi connectivity index (χ2v) is 9.96. The molecule has 33 heavy (non-hydrogen) atoms. The van der Waals surface area contributed by atoms with Crippen LogP contribution in [0, 0.1) is 17.2 Å². The molecule has 3 aliphatic heterocycles. The van der Waals surface area contributed by atoms with Crippen LogP contribution in [-0.2, 0) is 16.0 Å². The second kappa shape index (κ2) is 8.12. The van der Waals surface area contributed by atoms with Crippen molar-refractivity contribution in [2.75, 3.05) is 19.6 Å². The number of amides is 2. The van der Waals surface area contributed by atoms with E-state index < -0.39 is 18.1 Å². The molecule has 1 aromatic rings. The zero-order valence-corrected chi connectivity index (χ0v) is 18.7. The number of carboxylic acid groups (broad SMARTS) is 1. The zero-order chi connectivity index (χ0) is 23.4. The molecule has 3 fully saturated rings. The summed E-state index contributed by atoms with van der Waals surface area (Å²) in [4.78, 5) is 43.1. The fourth-order valence-electron chi connectivity index (χ4n) is 6.27. The van der Waals surface area contributed by atoms with Crippen LogP contribution in [0.5, 0.6) is 0 Å². The minimum absolute atomic E-state index is 0.0229. The fourth-order valence-corrected chi connectivity index (χ4v) is 6.27. The lowest BCUT2D eigenvalue weighted by Crippen LogP contribution is -2.56.